The standard InChI is InChI=1S/C23H17ClFN5O2S/c1-14-7-8-19(25)18(10-14)21-27-28-23(30(21)12-17-6-3-9-31-17)33-13-20-26-22(32-29-20)15-4-2-5-16(24)11-15/h2-11H,12-13H2,1H3. The molecule has 166 valence electrons. The summed E-state index contributed by atoms with van der Waals surface area (Å²) in [5.41, 5.74) is 2.04. The molecule has 0 radical (unpaired) electrons. The zero-order valence-electron chi connectivity index (χ0n) is 17.4. The van der Waals surface area contributed by atoms with E-state index >= 15 is 0 Å². The molecule has 0 atom stereocenters. The SMILES string of the molecule is Cc1ccc(F)c(-c2nnc(SCc3noc(-c4cccc(Cl)c4)n3)n2Cc2ccco2)c1. The Balaban J connectivity index is 1.42. The van der Waals surface area contributed by atoms with Crippen molar-refractivity contribution in [2.24, 2.45) is 0 Å². The second-order valence-corrected chi connectivity index (χ2v) is 8.65. The average molecular weight is 482 g/mol. The molecular formula is C23H17ClFN5O2S. The summed E-state index contributed by atoms with van der Waals surface area (Å²) in [6, 6.07) is 15.8. The van der Waals surface area contributed by atoms with Crippen molar-refractivity contribution in [2.75, 3.05) is 0 Å². The van der Waals surface area contributed by atoms with Crippen LogP contribution in [0.3, 0.4) is 0 Å². The number of thioether (sulfide) groups is 1. The molecule has 0 fully saturated rings. The van der Waals surface area contributed by atoms with E-state index in [1.165, 1.54) is 17.8 Å². The number of hydrogen-bond donors (Lipinski definition) is 0. The summed E-state index contributed by atoms with van der Waals surface area (Å²) >= 11 is 7.42. The molecule has 5 rings (SSSR count). The van der Waals surface area contributed by atoms with Crippen molar-refractivity contribution in [3.05, 3.63) is 88.8 Å². The Hall–Kier alpha value is -3.43. The van der Waals surface area contributed by atoms with Crippen LogP contribution in [-0.2, 0) is 12.3 Å². The largest absolute Gasteiger partial charge is 0.467 e. The first-order valence-corrected chi connectivity index (χ1v) is 11.4. The minimum atomic E-state index is -0.366. The van der Waals surface area contributed by atoms with Crippen LogP contribution in [0.15, 0.2) is 75.0 Å². The number of halogens is 2. The summed E-state index contributed by atoms with van der Waals surface area (Å²) in [4.78, 5) is 4.44. The molecule has 0 bridgehead atoms. The number of rotatable bonds is 7. The predicted molar refractivity (Wildman–Crippen MR) is 122 cm³/mol. The van der Waals surface area contributed by atoms with Gasteiger partial charge >= 0.3 is 0 Å². The van der Waals surface area contributed by atoms with Gasteiger partial charge < -0.3 is 8.94 Å². The Bertz CT molecular complexity index is 1400. The van der Waals surface area contributed by atoms with E-state index in [0.29, 0.717) is 51.3 Å². The van der Waals surface area contributed by atoms with Gasteiger partial charge in [0.2, 0.25) is 0 Å². The van der Waals surface area contributed by atoms with Crippen LogP contribution < -0.4 is 0 Å². The number of hydrogen-bond acceptors (Lipinski definition) is 7. The first kappa shape index (κ1) is 21.4. The van der Waals surface area contributed by atoms with E-state index in [9.17, 15) is 4.39 Å². The lowest BCUT2D eigenvalue weighted by Crippen LogP contribution is -2.04. The Labute approximate surface area is 197 Å². The topological polar surface area (TPSA) is 82.8 Å². The van der Waals surface area contributed by atoms with Gasteiger partial charge in [-0.3, -0.25) is 4.57 Å². The summed E-state index contributed by atoms with van der Waals surface area (Å²) in [6.07, 6.45) is 1.59. The molecular weight excluding hydrogens is 465 g/mol. The van der Waals surface area contributed by atoms with Crippen molar-refractivity contribution in [2.45, 2.75) is 24.4 Å². The van der Waals surface area contributed by atoms with Gasteiger partial charge in [0.05, 0.1) is 24.1 Å². The molecule has 10 heteroatoms. The predicted octanol–water partition coefficient (Wildman–Crippen LogP) is 6.03. The zero-order valence-corrected chi connectivity index (χ0v) is 19.0. The van der Waals surface area contributed by atoms with Gasteiger partial charge in [0.15, 0.2) is 16.8 Å². The second-order valence-electron chi connectivity index (χ2n) is 7.27. The molecule has 33 heavy (non-hydrogen) atoms. The van der Waals surface area contributed by atoms with Crippen molar-refractivity contribution >= 4 is 23.4 Å². The molecule has 0 N–H and O–H groups in total. The quantitative estimate of drug-likeness (QED) is 0.262. The lowest BCUT2D eigenvalue weighted by Gasteiger charge is -2.09. The van der Waals surface area contributed by atoms with Crippen molar-refractivity contribution in [3.63, 3.8) is 0 Å². The van der Waals surface area contributed by atoms with Crippen LogP contribution >= 0.6 is 23.4 Å². The molecule has 3 aromatic heterocycles. The highest BCUT2D eigenvalue weighted by molar-refractivity contribution is 7.98. The molecule has 0 amide bonds. The molecule has 0 aliphatic heterocycles. The molecule has 0 spiro atoms. The lowest BCUT2D eigenvalue weighted by atomic mass is 10.1. The summed E-state index contributed by atoms with van der Waals surface area (Å²) in [5, 5.41) is 13.8. The Kier molecular flexibility index (Phi) is 5.97. The van der Waals surface area contributed by atoms with E-state index in [1.54, 1.807) is 36.6 Å². The van der Waals surface area contributed by atoms with Crippen LogP contribution in [0.1, 0.15) is 17.1 Å². The Morgan fingerprint density at radius 1 is 1.09 bits per heavy atom. The van der Waals surface area contributed by atoms with E-state index in [0.717, 1.165) is 11.1 Å². The van der Waals surface area contributed by atoms with Gasteiger partial charge in [0.25, 0.3) is 5.89 Å². The number of furan rings is 1. The first-order chi connectivity index (χ1) is 16.1. The Morgan fingerprint density at radius 3 is 2.82 bits per heavy atom. The molecule has 5 aromatic rings. The van der Waals surface area contributed by atoms with Gasteiger partial charge in [-0.15, -0.1) is 10.2 Å². The highest BCUT2D eigenvalue weighted by atomic mass is 35.5. The van der Waals surface area contributed by atoms with Gasteiger partial charge in [0.1, 0.15) is 11.6 Å². The number of aromatic nitrogens is 5. The molecule has 3 heterocycles. The maximum atomic E-state index is 14.6. The van der Waals surface area contributed by atoms with Gasteiger partial charge in [-0.25, -0.2) is 4.39 Å². The number of benzene rings is 2. The molecule has 0 saturated carbocycles. The van der Waals surface area contributed by atoms with Gasteiger partial charge in [-0.2, -0.15) is 4.98 Å². The molecule has 0 saturated heterocycles. The third-order valence-electron chi connectivity index (χ3n) is 4.84. The van der Waals surface area contributed by atoms with Gasteiger partial charge in [-0.05, 0) is 49.4 Å². The van der Waals surface area contributed by atoms with Crippen LogP contribution in [-0.4, -0.2) is 24.9 Å². The van der Waals surface area contributed by atoms with Crippen LogP contribution in [0.25, 0.3) is 22.8 Å². The zero-order chi connectivity index (χ0) is 22.8. The van der Waals surface area contributed by atoms with E-state index in [2.05, 4.69) is 20.3 Å². The minimum Gasteiger partial charge on any atom is -0.467 e. The monoisotopic (exact) mass is 481 g/mol. The maximum absolute atomic E-state index is 14.6. The van der Waals surface area contributed by atoms with Crippen molar-refractivity contribution in [1.82, 2.24) is 24.9 Å². The van der Waals surface area contributed by atoms with Gasteiger partial charge in [0, 0.05) is 10.6 Å². The molecule has 0 unspecified atom stereocenters. The molecule has 2 aromatic carbocycles. The molecule has 7 nitrogen and oxygen atoms in total. The fourth-order valence-corrected chi connectivity index (χ4v) is 4.26. The van der Waals surface area contributed by atoms with Crippen molar-refractivity contribution < 1.29 is 13.3 Å². The Morgan fingerprint density at radius 2 is 2.00 bits per heavy atom. The molecule has 0 aliphatic carbocycles. The van der Waals surface area contributed by atoms with E-state index in [4.69, 9.17) is 20.5 Å². The summed E-state index contributed by atoms with van der Waals surface area (Å²) in [7, 11) is 0. The van der Waals surface area contributed by atoms with Gasteiger partial charge in [-0.1, -0.05) is 46.2 Å². The van der Waals surface area contributed by atoms with E-state index in [1.807, 2.05) is 29.7 Å². The van der Waals surface area contributed by atoms with Crippen LogP contribution in [0.4, 0.5) is 4.39 Å². The third-order valence-corrected chi connectivity index (χ3v) is 6.04. The number of nitrogens with zero attached hydrogens (tertiary/aromatic N) is 5. The van der Waals surface area contributed by atoms with Crippen LogP contribution in [0.2, 0.25) is 5.02 Å². The van der Waals surface area contributed by atoms with Crippen molar-refractivity contribution in [3.8, 4) is 22.8 Å². The van der Waals surface area contributed by atoms with Crippen LogP contribution in [0, 0.1) is 12.7 Å². The minimum absolute atomic E-state index is 0.352. The van der Waals surface area contributed by atoms with E-state index in [-0.39, 0.29) is 5.82 Å². The molecule has 0 aliphatic rings. The highest BCUT2D eigenvalue weighted by Gasteiger charge is 2.20. The summed E-state index contributed by atoms with van der Waals surface area (Å²) in [6.45, 7) is 2.25. The van der Waals surface area contributed by atoms with Crippen molar-refractivity contribution in [1.29, 1.82) is 0 Å². The van der Waals surface area contributed by atoms with E-state index < -0.39 is 0 Å². The number of aryl methyl sites for hydroxylation is 1. The van der Waals surface area contributed by atoms with Crippen LogP contribution in [0.5, 0.6) is 0 Å². The first-order valence-electron chi connectivity index (χ1n) is 10.0. The average Bonchev–Trinajstić information content (AvgIpc) is 3.56. The second kappa shape index (κ2) is 9.21. The summed E-state index contributed by atoms with van der Waals surface area (Å²) in [5.74, 6) is 2.01. The maximum Gasteiger partial charge on any atom is 0.258 e. The fraction of sp³-hybridized carbons (Fsp3) is 0.130. The third kappa shape index (κ3) is 4.69. The smallest absolute Gasteiger partial charge is 0.258 e. The fourth-order valence-electron chi connectivity index (χ4n) is 3.29. The highest BCUT2D eigenvalue weighted by Crippen LogP contribution is 2.30. The summed E-state index contributed by atoms with van der Waals surface area (Å²) < 4.78 is 27.3. The normalized spacial score (nSPS) is 11.2. The lowest BCUT2D eigenvalue weighted by molar-refractivity contribution is 0.425.